The van der Waals surface area contributed by atoms with E-state index in [0.29, 0.717) is 0 Å². The topological polar surface area (TPSA) is 0 Å². The Morgan fingerprint density at radius 3 is 1.95 bits per heavy atom. The van der Waals surface area contributed by atoms with E-state index in [1.54, 1.807) is 0 Å². The summed E-state index contributed by atoms with van der Waals surface area (Å²) in [5.74, 6) is 0. The number of rotatable bonds is 2. The molecule has 1 aliphatic carbocycles. The second kappa shape index (κ2) is 19.7. The molecule has 19 heavy (non-hydrogen) atoms. The maximum Gasteiger partial charge on any atom is 0.0893 e. The van der Waals surface area contributed by atoms with Crippen LogP contribution >= 0.6 is 0 Å². The molecule has 0 fully saturated rings. The Bertz CT molecular complexity index is 168. The average molecular weight is 266 g/mol. The lowest BCUT2D eigenvalue weighted by molar-refractivity contribution is 0.578. The van der Waals surface area contributed by atoms with Crippen LogP contribution < -0.4 is 0 Å². The summed E-state index contributed by atoms with van der Waals surface area (Å²) in [6, 6.07) is 0. The molecule has 0 spiro atoms. The van der Waals surface area contributed by atoms with E-state index < -0.39 is 0 Å². The van der Waals surface area contributed by atoms with Crippen LogP contribution in [0.3, 0.4) is 0 Å². The van der Waals surface area contributed by atoms with Gasteiger partial charge in [0.2, 0.25) is 0 Å². The molecular weight excluding hydrogens is 228 g/mol. The van der Waals surface area contributed by atoms with E-state index in [1.807, 2.05) is 0 Å². The van der Waals surface area contributed by atoms with Crippen molar-refractivity contribution >= 4 is 0 Å². The minimum atomic E-state index is 0. The van der Waals surface area contributed by atoms with Crippen LogP contribution in [0.1, 0.15) is 91.9 Å². The Morgan fingerprint density at radius 1 is 0.842 bits per heavy atom. The molecule has 0 nitrogen and oxygen atoms in total. The average Bonchev–Trinajstić information content (AvgIpc) is 2.38. The van der Waals surface area contributed by atoms with Crippen LogP contribution in [0.25, 0.3) is 0 Å². The molecule has 0 aliphatic heterocycles. The highest BCUT2D eigenvalue weighted by atomic mass is 14.0. The van der Waals surface area contributed by atoms with Crippen LogP contribution in [-0.4, -0.2) is 0 Å². The normalized spacial score (nSPS) is 17.2. The number of hydrogen-bond acceptors (Lipinski definition) is 0. The Balaban J connectivity index is 0. The third-order valence-electron chi connectivity index (χ3n) is 3.15. The fourth-order valence-electron chi connectivity index (χ4n) is 2.03. The second-order valence-electron chi connectivity index (χ2n) is 5.00. The van der Waals surface area contributed by atoms with E-state index in [1.165, 1.54) is 70.6 Å². The fourth-order valence-corrected chi connectivity index (χ4v) is 2.03. The predicted octanol–water partition coefficient (Wildman–Crippen LogP) is 7.27. The van der Waals surface area contributed by atoms with Crippen molar-refractivity contribution in [3.8, 4) is 0 Å². The van der Waals surface area contributed by atoms with Gasteiger partial charge in [-0.3, -0.25) is 0 Å². The molecule has 0 unspecified atom stereocenters. The predicted molar refractivity (Wildman–Crippen MR) is 91.4 cm³/mol. The smallest absolute Gasteiger partial charge is 0.0888 e. The highest BCUT2D eigenvalue weighted by molar-refractivity contribution is 4.94. The molecule has 0 heterocycles. The first-order valence-corrected chi connectivity index (χ1v) is 8.05. The van der Waals surface area contributed by atoms with E-state index in [-0.39, 0.29) is 7.43 Å². The van der Waals surface area contributed by atoms with Crippen LogP contribution in [0.2, 0.25) is 0 Å². The quantitative estimate of drug-likeness (QED) is 0.364. The third-order valence-corrected chi connectivity index (χ3v) is 3.15. The molecule has 0 saturated heterocycles. The van der Waals surface area contributed by atoms with E-state index in [2.05, 4.69) is 44.6 Å². The maximum atomic E-state index is 2.32. The van der Waals surface area contributed by atoms with E-state index in [9.17, 15) is 0 Å². The van der Waals surface area contributed by atoms with Gasteiger partial charge in [-0.25, -0.2) is 0 Å². The van der Waals surface area contributed by atoms with Gasteiger partial charge in [0.1, 0.15) is 0 Å². The highest BCUT2D eigenvalue weighted by Crippen LogP contribution is 2.12. The minimum Gasteiger partial charge on any atom is -0.0888 e. The molecule has 112 valence electrons. The molecule has 0 saturated carbocycles. The van der Waals surface area contributed by atoms with Crippen molar-refractivity contribution < 1.29 is 0 Å². The van der Waals surface area contributed by atoms with Crippen molar-refractivity contribution in [2.45, 2.75) is 91.9 Å². The molecule has 0 aromatic carbocycles. The van der Waals surface area contributed by atoms with Gasteiger partial charge < -0.3 is 0 Å². The molecule has 0 aromatic rings. The van der Waals surface area contributed by atoms with Gasteiger partial charge in [0.25, 0.3) is 0 Å². The Hall–Kier alpha value is -0.650. The van der Waals surface area contributed by atoms with Crippen molar-refractivity contribution in [2.24, 2.45) is 0 Å². The molecule has 0 atom stereocenters. The van der Waals surface area contributed by atoms with Crippen molar-refractivity contribution in [2.75, 3.05) is 0 Å². The largest absolute Gasteiger partial charge is 0.0893 e. The van der Waals surface area contributed by atoms with Gasteiger partial charge in [-0.2, -0.15) is 0 Å². The molecule has 0 bridgehead atoms. The lowest BCUT2D eigenvalue weighted by Crippen LogP contribution is -1.83. The van der Waals surface area contributed by atoms with Crippen LogP contribution in [-0.2, 0) is 0 Å². The van der Waals surface area contributed by atoms with Gasteiger partial charge >= 0.3 is 0 Å². The van der Waals surface area contributed by atoms with E-state index >= 15 is 0 Å². The number of allylic oxidation sites excluding steroid dienone is 4. The first kappa shape index (κ1) is 20.7. The first-order valence-electron chi connectivity index (χ1n) is 8.05. The maximum absolute atomic E-state index is 2.32. The summed E-state index contributed by atoms with van der Waals surface area (Å²) in [5, 5.41) is 0. The zero-order chi connectivity index (χ0) is 13.3. The summed E-state index contributed by atoms with van der Waals surface area (Å²) in [6.45, 7) is 4.29. The van der Waals surface area contributed by atoms with E-state index in [4.69, 9.17) is 0 Å². The lowest BCUT2D eigenvalue weighted by atomic mass is 10.0. The monoisotopic (exact) mass is 265 g/mol. The van der Waals surface area contributed by atoms with Gasteiger partial charge in [0.15, 0.2) is 0 Å². The molecule has 0 radical (unpaired) electrons. The summed E-state index contributed by atoms with van der Waals surface area (Å²) in [4.78, 5) is 0. The Labute approximate surface area is 123 Å². The lowest BCUT2D eigenvalue weighted by Gasteiger charge is -1.99. The highest BCUT2D eigenvalue weighted by Gasteiger charge is 1.96. The molecular formula is C19H37+. The summed E-state index contributed by atoms with van der Waals surface area (Å²) in [5.41, 5.74) is 0. The SMILES string of the molecule is C.C1=CCCCCCCCCC[CH+]1.CC/C=C\CC. The minimum absolute atomic E-state index is 0. The van der Waals surface area contributed by atoms with Gasteiger partial charge in [-0.15, -0.1) is 0 Å². The Kier molecular flexibility index (Phi) is 21.4. The molecule has 0 aromatic heterocycles. The second-order valence-corrected chi connectivity index (χ2v) is 5.00. The Morgan fingerprint density at radius 2 is 1.37 bits per heavy atom. The molecule has 0 amide bonds. The van der Waals surface area contributed by atoms with Crippen LogP contribution in [0.5, 0.6) is 0 Å². The van der Waals surface area contributed by atoms with Gasteiger partial charge in [0, 0.05) is 25.3 Å². The summed E-state index contributed by atoms with van der Waals surface area (Å²) >= 11 is 0. The van der Waals surface area contributed by atoms with Crippen molar-refractivity contribution in [1.82, 2.24) is 0 Å². The summed E-state index contributed by atoms with van der Waals surface area (Å²) < 4.78 is 0. The third kappa shape index (κ3) is 19.9. The standard InChI is InChI=1S/C12H21.C6H12.CH4/c1-2-4-6-8-10-12-11-9-7-5-3-1;1-3-5-6-4-2;/h1-3H,4-12H2;5-6H,3-4H2,1-2H3;1H4/q+1;;/b;6-5-;. The van der Waals surface area contributed by atoms with Gasteiger partial charge in [-0.05, 0) is 25.7 Å². The zero-order valence-corrected chi connectivity index (χ0v) is 12.7. The molecule has 1 aliphatic rings. The van der Waals surface area contributed by atoms with Crippen LogP contribution in [0.15, 0.2) is 24.3 Å². The first-order chi connectivity index (χ1) is 8.91. The number of hydrogen-bond donors (Lipinski definition) is 0. The van der Waals surface area contributed by atoms with Crippen molar-refractivity contribution in [3.63, 3.8) is 0 Å². The summed E-state index contributed by atoms with van der Waals surface area (Å²) in [6.07, 6.45) is 26.2. The van der Waals surface area contributed by atoms with Crippen LogP contribution in [0.4, 0.5) is 0 Å². The zero-order valence-electron chi connectivity index (χ0n) is 12.7. The molecule has 0 heteroatoms. The molecule has 1 rings (SSSR count). The molecule has 0 N–H and O–H groups in total. The van der Waals surface area contributed by atoms with Gasteiger partial charge in [-0.1, -0.05) is 65.5 Å². The van der Waals surface area contributed by atoms with Crippen molar-refractivity contribution in [1.29, 1.82) is 0 Å². The fraction of sp³-hybridized carbons (Fsp3) is 0.737. The van der Waals surface area contributed by atoms with Crippen molar-refractivity contribution in [3.05, 3.63) is 30.7 Å². The van der Waals surface area contributed by atoms with E-state index in [0.717, 1.165) is 0 Å². The van der Waals surface area contributed by atoms with Crippen LogP contribution in [0, 0.1) is 6.42 Å². The van der Waals surface area contributed by atoms with Gasteiger partial charge in [0.05, 0.1) is 6.08 Å². The summed E-state index contributed by atoms with van der Waals surface area (Å²) in [7, 11) is 0.